The van der Waals surface area contributed by atoms with Crippen molar-refractivity contribution < 1.29 is 9.47 Å². The molecule has 98 valence electrons. The summed E-state index contributed by atoms with van der Waals surface area (Å²) in [7, 11) is 1.67. The van der Waals surface area contributed by atoms with Crippen molar-refractivity contribution >= 4 is 0 Å². The highest BCUT2D eigenvalue weighted by Gasteiger charge is 2.21. The number of benzene rings is 1. The molecule has 0 amide bonds. The van der Waals surface area contributed by atoms with Crippen molar-refractivity contribution in [3.05, 3.63) is 36.4 Å². The number of ether oxygens (including phenoxy) is 2. The van der Waals surface area contributed by atoms with Gasteiger partial charge >= 0.3 is 0 Å². The molecule has 1 N–H and O–H groups in total. The van der Waals surface area contributed by atoms with Crippen LogP contribution in [0.4, 0.5) is 0 Å². The van der Waals surface area contributed by atoms with Gasteiger partial charge in [0.15, 0.2) is 11.5 Å². The maximum atomic E-state index is 5.89. The molecule has 3 heteroatoms. The second-order valence-corrected chi connectivity index (χ2v) is 4.66. The molecule has 0 bridgehead atoms. The summed E-state index contributed by atoms with van der Waals surface area (Å²) >= 11 is 0. The van der Waals surface area contributed by atoms with E-state index in [1.165, 1.54) is 12.8 Å². The van der Waals surface area contributed by atoms with Gasteiger partial charge in [-0.2, -0.15) is 0 Å². The van der Waals surface area contributed by atoms with Gasteiger partial charge in [0.2, 0.25) is 0 Å². The second kappa shape index (κ2) is 5.91. The summed E-state index contributed by atoms with van der Waals surface area (Å²) in [5, 5.41) is 3.49. The van der Waals surface area contributed by atoms with Gasteiger partial charge in [-0.3, -0.25) is 0 Å². The van der Waals surface area contributed by atoms with Crippen molar-refractivity contribution in [2.75, 3.05) is 7.11 Å². The van der Waals surface area contributed by atoms with Crippen LogP contribution in [0, 0.1) is 0 Å². The fraction of sp³-hybridized carbons (Fsp3) is 0.467. The van der Waals surface area contributed by atoms with E-state index in [1.807, 2.05) is 19.1 Å². The first-order chi connectivity index (χ1) is 8.74. The number of methoxy groups -OCH3 is 1. The van der Waals surface area contributed by atoms with E-state index in [-0.39, 0.29) is 6.10 Å². The molecule has 18 heavy (non-hydrogen) atoms. The third-order valence-electron chi connectivity index (χ3n) is 3.07. The molecule has 0 heterocycles. The highest BCUT2D eigenvalue weighted by molar-refractivity contribution is 5.47. The molecule has 1 saturated carbocycles. The minimum absolute atomic E-state index is 0.0269. The van der Waals surface area contributed by atoms with E-state index in [4.69, 9.17) is 9.47 Å². The predicted molar refractivity (Wildman–Crippen MR) is 73.1 cm³/mol. The highest BCUT2D eigenvalue weighted by Crippen LogP contribution is 2.32. The molecule has 1 aromatic carbocycles. The van der Waals surface area contributed by atoms with E-state index < -0.39 is 0 Å². The first kappa shape index (κ1) is 13.0. The van der Waals surface area contributed by atoms with Crippen LogP contribution < -0.4 is 14.8 Å². The normalized spacial score (nSPS) is 16.1. The SMILES string of the molecule is C=CC(C)Oc1c(CNC2CC2)cccc1OC. The van der Waals surface area contributed by atoms with Crippen molar-refractivity contribution in [1.29, 1.82) is 0 Å². The summed E-state index contributed by atoms with van der Waals surface area (Å²) in [5.41, 5.74) is 1.13. The lowest BCUT2D eigenvalue weighted by Gasteiger charge is -2.18. The average molecular weight is 247 g/mol. The Morgan fingerprint density at radius 3 is 2.89 bits per heavy atom. The van der Waals surface area contributed by atoms with Crippen LogP contribution in [0.2, 0.25) is 0 Å². The van der Waals surface area contributed by atoms with Gasteiger partial charge in [0.25, 0.3) is 0 Å². The van der Waals surface area contributed by atoms with E-state index in [2.05, 4.69) is 18.0 Å². The largest absolute Gasteiger partial charge is 0.493 e. The zero-order valence-corrected chi connectivity index (χ0v) is 11.1. The Balaban J connectivity index is 2.15. The Kier molecular flexibility index (Phi) is 4.26. The van der Waals surface area contributed by atoms with Gasteiger partial charge in [-0.1, -0.05) is 24.8 Å². The van der Waals surface area contributed by atoms with Crippen LogP contribution in [0.3, 0.4) is 0 Å². The molecular formula is C15H21NO2. The van der Waals surface area contributed by atoms with E-state index >= 15 is 0 Å². The minimum atomic E-state index is -0.0269. The molecule has 3 nitrogen and oxygen atoms in total. The Labute approximate surface area is 109 Å². The molecule has 1 aliphatic rings. The summed E-state index contributed by atoms with van der Waals surface area (Å²) in [6.07, 6.45) is 4.32. The van der Waals surface area contributed by atoms with Crippen LogP contribution in [0.1, 0.15) is 25.3 Å². The van der Waals surface area contributed by atoms with E-state index in [0.717, 1.165) is 23.6 Å². The van der Waals surface area contributed by atoms with Crippen molar-refractivity contribution in [2.45, 2.75) is 38.5 Å². The van der Waals surface area contributed by atoms with Crippen LogP contribution in [0.5, 0.6) is 11.5 Å². The minimum Gasteiger partial charge on any atom is -0.493 e. The van der Waals surface area contributed by atoms with Gasteiger partial charge in [-0.25, -0.2) is 0 Å². The Hall–Kier alpha value is -1.48. The average Bonchev–Trinajstić information content (AvgIpc) is 3.21. The van der Waals surface area contributed by atoms with Crippen LogP contribution in [-0.2, 0) is 6.54 Å². The van der Waals surface area contributed by atoms with Crippen LogP contribution in [0.25, 0.3) is 0 Å². The fourth-order valence-corrected chi connectivity index (χ4v) is 1.77. The first-order valence-corrected chi connectivity index (χ1v) is 6.43. The van der Waals surface area contributed by atoms with E-state index in [0.29, 0.717) is 6.04 Å². The molecule has 0 saturated heterocycles. The van der Waals surface area contributed by atoms with Gasteiger partial charge in [-0.15, -0.1) is 0 Å². The molecule has 2 rings (SSSR count). The fourth-order valence-electron chi connectivity index (χ4n) is 1.77. The maximum absolute atomic E-state index is 5.89. The molecule has 0 radical (unpaired) electrons. The first-order valence-electron chi connectivity index (χ1n) is 6.43. The van der Waals surface area contributed by atoms with Crippen molar-refractivity contribution in [2.24, 2.45) is 0 Å². The van der Waals surface area contributed by atoms with Gasteiger partial charge in [-0.05, 0) is 25.8 Å². The van der Waals surface area contributed by atoms with Crippen LogP contribution in [0.15, 0.2) is 30.9 Å². The van der Waals surface area contributed by atoms with E-state index in [9.17, 15) is 0 Å². The summed E-state index contributed by atoms with van der Waals surface area (Å²) in [4.78, 5) is 0. The summed E-state index contributed by atoms with van der Waals surface area (Å²) in [5.74, 6) is 1.60. The van der Waals surface area contributed by atoms with Gasteiger partial charge < -0.3 is 14.8 Å². The quantitative estimate of drug-likeness (QED) is 0.751. The number of hydrogen-bond acceptors (Lipinski definition) is 3. The number of hydrogen-bond donors (Lipinski definition) is 1. The van der Waals surface area contributed by atoms with E-state index in [1.54, 1.807) is 13.2 Å². The third-order valence-corrected chi connectivity index (χ3v) is 3.07. The third kappa shape index (κ3) is 3.26. The monoisotopic (exact) mass is 247 g/mol. The summed E-state index contributed by atoms with van der Waals surface area (Å²) in [6.45, 7) is 6.53. The number of nitrogens with one attached hydrogen (secondary N) is 1. The van der Waals surface area contributed by atoms with Crippen molar-refractivity contribution in [1.82, 2.24) is 5.32 Å². The smallest absolute Gasteiger partial charge is 0.166 e. The topological polar surface area (TPSA) is 30.5 Å². The maximum Gasteiger partial charge on any atom is 0.166 e. The summed E-state index contributed by atoms with van der Waals surface area (Å²) < 4.78 is 11.3. The molecule has 0 aromatic heterocycles. The molecular weight excluding hydrogens is 226 g/mol. The van der Waals surface area contributed by atoms with Gasteiger partial charge in [0.1, 0.15) is 6.10 Å². The molecule has 1 unspecified atom stereocenters. The van der Waals surface area contributed by atoms with Crippen molar-refractivity contribution in [3.63, 3.8) is 0 Å². The molecule has 0 aliphatic heterocycles. The van der Waals surface area contributed by atoms with Crippen LogP contribution in [-0.4, -0.2) is 19.3 Å². The standard InChI is InChI=1S/C15H21NO2/c1-4-11(2)18-15-12(10-16-13-8-9-13)6-5-7-14(15)17-3/h4-7,11,13,16H,1,8-10H2,2-3H3. The lowest BCUT2D eigenvalue weighted by molar-refractivity contribution is 0.251. The molecule has 1 aliphatic carbocycles. The Bertz CT molecular complexity index is 413. The molecule has 0 spiro atoms. The highest BCUT2D eigenvalue weighted by atomic mass is 16.5. The Morgan fingerprint density at radius 1 is 1.50 bits per heavy atom. The zero-order valence-electron chi connectivity index (χ0n) is 11.1. The predicted octanol–water partition coefficient (Wildman–Crippen LogP) is 2.90. The second-order valence-electron chi connectivity index (χ2n) is 4.66. The molecule has 1 atom stereocenters. The van der Waals surface area contributed by atoms with Crippen LogP contribution >= 0.6 is 0 Å². The number of rotatable bonds is 7. The lowest BCUT2D eigenvalue weighted by Crippen LogP contribution is -2.17. The summed E-state index contributed by atoms with van der Waals surface area (Å²) in [6, 6.07) is 6.67. The lowest BCUT2D eigenvalue weighted by atomic mass is 10.1. The zero-order chi connectivity index (χ0) is 13.0. The van der Waals surface area contributed by atoms with Crippen molar-refractivity contribution in [3.8, 4) is 11.5 Å². The van der Waals surface area contributed by atoms with Gasteiger partial charge in [0.05, 0.1) is 7.11 Å². The molecule has 1 aromatic rings. The van der Waals surface area contributed by atoms with Gasteiger partial charge in [0, 0.05) is 18.2 Å². The molecule has 1 fully saturated rings. The number of para-hydroxylation sites is 1. The Morgan fingerprint density at radius 2 is 2.28 bits per heavy atom.